The van der Waals surface area contributed by atoms with Crippen molar-refractivity contribution >= 4 is 29.0 Å². The topological polar surface area (TPSA) is 90.6 Å². The van der Waals surface area contributed by atoms with E-state index in [0.717, 1.165) is 28.3 Å². The molecule has 4 aromatic rings. The zero-order valence-corrected chi connectivity index (χ0v) is 20.0. The number of nitrogens with zero attached hydrogens (tertiary/aromatic N) is 3. The van der Waals surface area contributed by atoms with Crippen molar-refractivity contribution in [2.24, 2.45) is 0 Å². The summed E-state index contributed by atoms with van der Waals surface area (Å²) < 4.78 is 1.98. The van der Waals surface area contributed by atoms with Gasteiger partial charge in [0.05, 0.1) is 29.0 Å². The lowest BCUT2D eigenvalue weighted by atomic mass is 9.96. The Morgan fingerprint density at radius 2 is 1.74 bits per heavy atom. The molecule has 8 heteroatoms. The normalized spacial score (nSPS) is 17.4. The van der Waals surface area contributed by atoms with E-state index in [9.17, 15) is 15.0 Å². The fourth-order valence-corrected chi connectivity index (χ4v) is 5.22. The number of benzene rings is 2. The number of anilines is 1. The van der Waals surface area contributed by atoms with Gasteiger partial charge in [-0.1, -0.05) is 18.2 Å². The van der Waals surface area contributed by atoms with Crippen molar-refractivity contribution in [2.45, 2.75) is 25.9 Å². The Kier molecular flexibility index (Phi) is 5.74. The number of aromatic nitrogens is 2. The third-order valence-electron chi connectivity index (χ3n) is 6.39. The molecule has 3 heterocycles. The third-order valence-corrected chi connectivity index (χ3v) is 6.70. The Morgan fingerprint density at radius 3 is 2.43 bits per heavy atom. The predicted molar refractivity (Wildman–Crippen MR) is 138 cm³/mol. The fraction of sp³-hybridized carbons (Fsp3) is 0.148. The van der Waals surface area contributed by atoms with Crippen LogP contribution in [0.4, 0.5) is 5.69 Å². The largest absolute Gasteiger partial charge is 0.508 e. The highest BCUT2D eigenvalue weighted by atomic mass is 32.1. The Labute approximate surface area is 208 Å². The molecule has 5 rings (SSSR count). The number of thiocarbonyl (C=S) groups is 1. The molecule has 1 saturated heterocycles. The molecule has 2 aromatic carbocycles. The van der Waals surface area contributed by atoms with Gasteiger partial charge in [0.15, 0.2) is 5.11 Å². The first-order chi connectivity index (χ1) is 16.9. The van der Waals surface area contributed by atoms with E-state index in [1.807, 2.05) is 65.8 Å². The number of aryl methyl sites for hydroxylation is 1. The lowest BCUT2D eigenvalue weighted by Gasteiger charge is -2.28. The monoisotopic (exact) mass is 484 g/mol. The first kappa shape index (κ1) is 22.6. The number of aromatic hydroxyl groups is 1. The standard InChI is InChI=1S/C27H24N4O3S/c1-16-15-21(17(2)30(16)23-9-4-3-7-20(23)26(33)34)25-24(22-8-5-6-14-28-22)29-27(35)31(25)18-10-12-19(32)13-11-18/h3-15,24-25,32H,1-2H3,(H,29,35)(H,33,34)/t24-,25+/m0/s1. The van der Waals surface area contributed by atoms with Gasteiger partial charge in [-0.05, 0) is 86.2 Å². The molecule has 0 saturated carbocycles. The highest BCUT2D eigenvalue weighted by molar-refractivity contribution is 7.80. The van der Waals surface area contributed by atoms with E-state index >= 15 is 0 Å². The minimum atomic E-state index is -0.976. The fourth-order valence-electron chi connectivity index (χ4n) is 4.87. The van der Waals surface area contributed by atoms with E-state index in [2.05, 4.69) is 16.4 Å². The molecular weight excluding hydrogens is 460 g/mol. The van der Waals surface area contributed by atoms with Crippen molar-refractivity contribution in [3.63, 3.8) is 0 Å². The number of carboxylic acid groups (broad SMARTS) is 1. The molecule has 0 spiro atoms. The summed E-state index contributed by atoms with van der Waals surface area (Å²) in [5, 5.41) is 23.6. The lowest BCUT2D eigenvalue weighted by Crippen LogP contribution is -2.29. The number of carbonyl (C=O) groups is 1. The van der Waals surface area contributed by atoms with Crippen molar-refractivity contribution in [3.05, 3.63) is 107 Å². The molecule has 0 unspecified atom stereocenters. The van der Waals surface area contributed by atoms with Crippen LogP contribution in [-0.2, 0) is 0 Å². The molecular formula is C27H24N4O3S. The minimum absolute atomic E-state index is 0.174. The second-order valence-corrected chi connectivity index (χ2v) is 8.88. The quantitative estimate of drug-likeness (QED) is 0.341. The summed E-state index contributed by atoms with van der Waals surface area (Å²) in [6, 6.07) is 21.3. The first-order valence-electron chi connectivity index (χ1n) is 11.2. The highest BCUT2D eigenvalue weighted by Gasteiger charge is 2.42. The number of para-hydroxylation sites is 1. The number of hydrogen-bond donors (Lipinski definition) is 3. The van der Waals surface area contributed by atoms with Crippen LogP contribution < -0.4 is 10.2 Å². The Balaban J connectivity index is 1.70. The Morgan fingerprint density at radius 1 is 1.03 bits per heavy atom. The molecule has 1 fully saturated rings. The summed E-state index contributed by atoms with van der Waals surface area (Å²) in [6.07, 6.45) is 1.76. The molecule has 0 radical (unpaired) electrons. The molecule has 176 valence electrons. The number of aromatic carboxylic acids is 1. The van der Waals surface area contributed by atoms with Crippen LogP contribution >= 0.6 is 12.2 Å². The van der Waals surface area contributed by atoms with Gasteiger partial charge < -0.3 is 25.0 Å². The van der Waals surface area contributed by atoms with E-state index in [1.54, 1.807) is 30.5 Å². The lowest BCUT2D eigenvalue weighted by molar-refractivity contribution is 0.0697. The molecule has 1 aliphatic heterocycles. The summed E-state index contributed by atoms with van der Waals surface area (Å²) in [4.78, 5) is 18.6. The van der Waals surface area contributed by atoms with Crippen molar-refractivity contribution in [2.75, 3.05) is 4.90 Å². The van der Waals surface area contributed by atoms with Crippen LogP contribution in [0.1, 0.15) is 45.1 Å². The highest BCUT2D eigenvalue weighted by Crippen LogP contribution is 2.44. The summed E-state index contributed by atoms with van der Waals surface area (Å²) in [7, 11) is 0. The van der Waals surface area contributed by atoms with Gasteiger partial charge in [0, 0.05) is 23.3 Å². The van der Waals surface area contributed by atoms with E-state index < -0.39 is 5.97 Å². The Bertz CT molecular complexity index is 1420. The summed E-state index contributed by atoms with van der Waals surface area (Å²) >= 11 is 5.78. The summed E-state index contributed by atoms with van der Waals surface area (Å²) in [5.74, 6) is -0.802. The third kappa shape index (κ3) is 3.91. The van der Waals surface area contributed by atoms with E-state index in [4.69, 9.17) is 12.2 Å². The molecule has 0 aliphatic carbocycles. The molecule has 2 atom stereocenters. The zero-order chi connectivity index (χ0) is 24.7. The number of rotatable bonds is 5. The molecule has 7 nitrogen and oxygen atoms in total. The molecule has 3 N–H and O–H groups in total. The predicted octanol–water partition coefficient (Wildman–Crippen LogP) is 5.07. The maximum atomic E-state index is 11.9. The van der Waals surface area contributed by atoms with E-state index in [-0.39, 0.29) is 23.4 Å². The second-order valence-electron chi connectivity index (χ2n) is 8.50. The summed E-state index contributed by atoms with van der Waals surface area (Å²) in [6.45, 7) is 3.96. The van der Waals surface area contributed by atoms with Crippen molar-refractivity contribution in [3.8, 4) is 11.4 Å². The average Bonchev–Trinajstić information content (AvgIpc) is 3.35. The van der Waals surface area contributed by atoms with Gasteiger partial charge >= 0.3 is 5.97 Å². The van der Waals surface area contributed by atoms with Crippen LogP contribution in [0.3, 0.4) is 0 Å². The zero-order valence-electron chi connectivity index (χ0n) is 19.2. The van der Waals surface area contributed by atoms with Crippen molar-refractivity contribution in [1.29, 1.82) is 0 Å². The molecule has 0 bridgehead atoms. The number of hydrogen-bond acceptors (Lipinski definition) is 4. The van der Waals surface area contributed by atoms with Gasteiger partial charge in [-0.15, -0.1) is 0 Å². The van der Waals surface area contributed by atoms with E-state index in [1.165, 1.54) is 0 Å². The number of phenolic OH excluding ortho intramolecular Hbond substituents is 1. The smallest absolute Gasteiger partial charge is 0.337 e. The van der Waals surface area contributed by atoms with Gasteiger partial charge in [-0.2, -0.15) is 0 Å². The molecule has 2 aromatic heterocycles. The van der Waals surface area contributed by atoms with E-state index in [0.29, 0.717) is 10.8 Å². The SMILES string of the molecule is Cc1cc([C@@H]2[C@H](c3ccccn3)NC(=S)N2c2ccc(O)cc2)c(C)n1-c1ccccc1C(=O)O. The van der Waals surface area contributed by atoms with Gasteiger partial charge in [-0.3, -0.25) is 4.98 Å². The maximum absolute atomic E-state index is 11.9. The average molecular weight is 485 g/mol. The van der Waals surface area contributed by atoms with Crippen LogP contribution in [-0.4, -0.2) is 30.8 Å². The minimum Gasteiger partial charge on any atom is -0.508 e. The maximum Gasteiger partial charge on any atom is 0.337 e. The molecule has 1 aliphatic rings. The number of carboxylic acids is 1. The van der Waals surface area contributed by atoms with Crippen LogP contribution in [0.25, 0.3) is 5.69 Å². The number of nitrogens with one attached hydrogen (secondary N) is 1. The van der Waals surface area contributed by atoms with Gasteiger partial charge in [-0.25, -0.2) is 4.79 Å². The van der Waals surface area contributed by atoms with Crippen molar-refractivity contribution in [1.82, 2.24) is 14.9 Å². The summed E-state index contributed by atoms with van der Waals surface area (Å²) in [5.41, 5.74) is 5.35. The molecule has 0 amide bonds. The van der Waals surface area contributed by atoms with Crippen LogP contribution in [0.15, 0.2) is 79.0 Å². The first-order valence-corrected chi connectivity index (χ1v) is 11.6. The molecule has 35 heavy (non-hydrogen) atoms. The van der Waals surface area contributed by atoms with Crippen molar-refractivity contribution < 1.29 is 15.0 Å². The van der Waals surface area contributed by atoms with Gasteiger partial charge in [0.25, 0.3) is 0 Å². The number of phenols is 1. The number of pyridine rings is 1. The van der Waals surface area contributed by atoms with Crippen LogP contribution in [0.2, 0.25) is 0 Å². The van der Waals surface area contributed by atoms with Gasteiger partial charge in [0.1, 0.15) is 5.75 Å². The van der Waals surface area contributed by atoms with Crippen LogP contribution in [0, 0.1) is 13.8 Å². The second kappa shape index (κ2) is 8.88. The Hall–Kier alpha value is -4.17. The van der Waals surface area contributed by atoms with Gasteiger partial charge in [0.2, 0.25) is 0 Å². The van der Waals surface area contributed by atoms with Crippen LogP contribution in [0.5, 0.6) is 5.75 Å².